The topological polar surface area (TPSA) is 17.1 Å². The van der Waals surface area contributed by atoms with E-state index >= 15 is 0 Å². The highest BCUT2D eigenvalue weighted by molar-refractivity contribution is 6.32. The molecule has 0 aromatic heterocycles. The summed E-state index contributed by atoms with van der Waals surface area (Å²) in [6.45, 7) is 0. The van der Waals surface area contributed by atoms with Gasteiger partial charge in [-0.3, -0.25) is 4.79 Å². The summed E-state index contributed by atoms with van der Waals surface area (Å²) in [6.07, 6.45) is 1.39. The first-order valence-corrected chi connectivity index (χ1v) is 5.89. The molecule has 2 aromatic rings. The highest BCUT2D eigenvalue weighted by atomic mass is 16.1. The number of hydrogen-bond donors (Lipinski definition) is 0. The lowest BCUT2D eigenvalue weighted by molar-refractivity contribution is 0.0983. The SMILES string of the molecule is Bc1ccc(C(=O)CCc2ccccc2)cc1. The molecule has 0 heterocycles. The predicted octanol–water partition coefficient (Wildman–Crippen LogP) is 1.76. The Labute approximate surface area is 103 Å². The molecule has 0 aliphatic carbocycles. The van der Waals surface area contributed by atoms with Crippen LogP contribution in [0.1, 0.15) is 22.3 Å². The van der Waals surface area contributed by atoms with Gasteiger partial charge in [-0.1, -0.05) is 60.1 Å². The second-order valence-electron chi connectivity index (χ2n) is 4.27. The van der Waals surface area contributed by atoms with E-state index in [0.29, 0.717) is 6.42 Å². The summed E-state index contributed by atoms with van der Waals surface area (Å²) in [5.41, 5.74) is 3.21. The molecule has 0 bridgehead atoms. The minimum Gasteiger partial charge on any atom is -0.294 e. The summed E-state index contributed by atoms with van der Waals surface area (Å²) in [5, 5.41) is 0. The molecule has 0 saturated carbocycles. The molecule has 0 radical (unpaired) electrons. The van der Waals surface area contributed by atoms with Crippen molar-refractivity contribution in [2.24, 2.45) is 0 Å². The van der Waals surface area contributed by atoms with Crippen LogP contribution in [0, 0.1) is 0 Å². The Bertz CT molecular complexity index is 488. The van der Waals surface area contributed by atoms with Gasteiger partial charge in [0.2, 0.25) is 0 Å². The van der Waals surface area contributed by atoms with Gasteiger partial charge < -0.3 is 0 Å². The molecule has 0 saturated heterocycles. The van der Waals surface area contributed by atoms with Crippen LogP contribution in [0.2, 0.25) is 0 Å². The number of benzene rings is 2. The number of aryl methyl sites for hydroxylation is 1. The molecule has 1 nitrogen and oxygen atoms in total. The summed E-state index contributed by atoms with van der Waals surface area (Å²) >= 11 is 0. The summed E-state index contributed by atoms with van der Waals surface area (Å²) < 4.78 is 0. The van der Waals surface area contributed by atoms with Crippen molar-refractivity contribution in [3.05, 3.63) is 65.7 Å². The van der Waals surface area contributed by atoms with E-state index in [1.165, 1.54) is 11.0 Å². The van der Waals surface area contributed by atoms with Crippen molar-refractivity contribution in [3.8, 4) is 0 Å². The van der Waals surface area contributed by atoms with Gasteiger partial charge in [-0.05, 0) is 12.0 Å². The predicted molar refractivity (Wildman–Crippen MR) is 73.7 cm³/mol. The minimum absolute atomic E-state index is 0.217. The summed E-state index contributed by atoms with van der Waals surface area (Å²) in [5.74, 6) is 0.217. The van der Waals surface area contributed by atoms with Gasteiger partial charge in [0, 0.05) is 12.0 Å². The molecule has 0 atom stereocenters. The molecule has 2 aromatic carbocycles. The van der Waals surface area contributed by atoms with Crippen LogP contribution in [0.25, 0.3) is 0 Å². The first-order valence-electron chi connectivity index (χ1n) is 5.89. The third kappa shape index (κ3) is 3.32. The zero-order chi connectivity index (χ0) is 12.1. The quantitative estimate of drug-likeness (QED) is 0.569. The lowest BCUT2D eigenvalue weighted by atomic mass is 9.94. The first kappa shape index (κ1) is 11.7. The maximum atomic E-state index is 11.9. The van der Waals surface area contributed by atoms with Gasteiger partial charge in [0.25, 0.3) is 0 Å². The molecule has 2 heteroatoms. The molecule has 0 N–H and O–H groups in total. The first-order chi connectivity index (χ1) is 8.25. The number of hydrogen-bond acceptors (Lipinski definition) is 1. The molecule has 17 heavy (non-hydrogen) atoms. The number of carbonyl (C=O) groups excluding carboxylic acids is 1. The zero-order valence-electron chi connectivity index (χ0n) is 10.0. The van der Waals surface area contributed by atoms with E-state index in [4.69, 9.17) is 0 Å². The average molecular weight is 222 g/mol. The third-order valence-electron chi connectivity index (χ3n) is 2.86. The summed E-state index contributed by atoms with van der Waals surface area (Å²) in [6, 6.07) is 17.9. The van der Waals surface area contributed by atoms with Crippen LogP contribution < -0.4 is 5.46 Å². The van der Waals surface area contributed by atoms with Gasteiger partial charge in [-0.15, -0.1) is 0 Å². The Morgan fingerprint density at radius 1 is 0.941 bits per heavy atom. The Kier molecular flexibility index (Phi) is 3.76. The summed E-state index contributed by atoms with van der Waals surface area (Å²) in [7, 11) is 2.03. The number of ketones is 1. The Morgan fingerprint density at radius 3 is 2.24 bits per heavy atom. The van der Waals surface area contributed by atoms with E-state index in [0.717, 1.165) is 12.0 Å². The summed E-state index contributed by atoms with van der Waals surface area (Å²) in [4.78, 5) is 11.9. The monoisotopic (exact) mass is 222 g/mol. The van der Waals surface area contributed by atoms with Crippen molar-refractivity contribution >= 4 is 19.1 Å². The normalized spacial score (nSPS) is 10.1. The van der Waals surface area contributed by atoms with E-state index in [2.05, 4.69) is 12.1 Å². The molecule has 0 fully saturated rings. The molecular formula is C15H15BO. The number of Topliss-reactive ketones (excluding diaryl/α,β-unsaturated/α-hetero) is 1. The van der Waals surface area contributed by atoms with Crippen molar-refractivity contribution in [3.63, 3.8) is 0 Å². The fourth-order valence-corrected chi connectivity index (χ4v) is 1.79. The van der Waals surface area contributed by atoms with Crippen molar-refractivity contribution in [2.45, 2.75) is 12.8 Å². The Hall–Kier alpha value is -1.83. The fourth-order valence-electron chi connectivity index (χ4n) is 1.79. The third-order valence-corrected chi connectivity index (χ3v) is 2.86. The van der Waals surface area contributed by atoms with Crippen LogP contribution >= 0.6 is 0 Å². The lowest BCUT2D eigenvalue weighted by Gasteiger charge is -2.02. The molecule has 0 amide bonds. The maximum Gasteiger partial charge on any atom is 0.163 e. The van der Waals surface area contributed by atoms with Crippen LogP contribution in [0.15, 0.2) is 54.6 Å². The highest BCUT2D eigenvalue weighted by Crippen LogP contribution is 2.07. The van der Waals surface area contributed by atoms with Gasteiger partial charge >= 0.3 is 0 Å². The van der Waals surface area contributed by atoms with Crippen LogP contribution in [0.5, 0.6) is 0 Å². The second kappa shape index (κ2) is 5.49. The molecular weight excluding hydrogens is 207 g/mol. The van der Waals surface area contributed by atoms with Crippen LogP contribution in [0.3, 0.4) is 0 Å². The van der Waals surface area contributed by atoms with E-state index in [9.17, 15) is 4.79 Å². The van der Waals surface area contributed by atoms with Crippen LogP contribution in [-0.2, 0) is 6.42 Å². The standard InChI is InChI=1S/C15H15BO/c16-14-9-7-13(8-10-14)15(17)11-6-12-4-2-1-3-5-12/h1-5,7-10H,6,11,16H2. The molecule has 0 unspecified atom stereocenters. The van der Waals surface area contributed by atoms with Crippen molar-refractivity contribution < 1.29 is 4.79 Å². The van der Waals surface area contributed by atoms with Crippen molar-refractivity contribution in [2.75, 3.05) is 0 Å². The molecule has 2 rings (SSSR count). The zero-order valence-corrected chi connectivity index (χ0v) is 10.0. The Morgan fingerprint density at radius 2 is 1.59 bits per heavy atom. The highest BCUT2D eigenvalue weighted by Gasteiger charge is 2.05. The molecule has 84 valence electrons. The largest absolute Gasteiger partial charge is 0.294 e. The van der Waals surface area contributed by atoms with Gasteiger partial charge in [0.15, 0.2) is 5.78 Å². The van der Waals surface area contributed by atoms with Gasteiger partial charge in [-0.25, -0.2) is 0 Å². The van der Waals surface area contributed by atoms with Crippen LogP contribution in [-0.4, -0.2) is 13.6 Å². The van der Waals surface area contributed by atoms with E-state index in [-0.39, 0.29) is 5.78 Å². The van der Waals surface area contributed by atoms with E-state index < -0.39 is 0 Å². The second-order valence-corrected chi connectivity index (χ2v) is 4.27. The fraction of sp³-hybridized carbons (Fsp3) is 0.133. The molecule has 0 aliphatic heterocycles. The Balaban J connectivity index is 1.96. The van der Waals surface area contributed by atoms with E-state index in [1.807, 2.05) is 50.3 Å². The smallest absolute Gasteiger partial charge is 0.163 e. The van der Waals surface area contributed by atoms with Gasteiger partial charge in [0.1, 0.15) is 7.85 Å². The van der Waals surface area contributed by atoms with Crippen LogP contribution in [0.4, 0.5) is 0 Å². The molecule has 0 aliphatic rings. The van der Waals surface area contributed by atoms with Gasteiger partial charge in [0.05, 0.1) is 0 Å². The lowest BCUT2D eigenvalue weighted by Crippen LogP contribution is -2.05. The number of rotatable bonds is 4. The van der Waals surface area contributed by atoms with Crippen molar-refractivity contribution in [1.82, 2.24) is 0 Å². The number of carbonyl (C=O) groups is 1. The average Bonchev–Trinajstić information content (AvgIpc) is 2.38. The minimum atomic E-state index is 0.217. The molecule has 0 spiro atoms. The van der Waals surface area contributed by atoms with Gasteiger partial charge in [-0.2, -0.15) is 0 Å². The van der Waals surface area contributed by atoms with Crippen molar-refractivity contribution in [1.29, 1.82) is 0 Å². The maximum absolute atomic E-state index is 11.9. The van der Waals surface area contributed by atoms with E-state index in [1.54, 1.807) is 0 Å².